The average Bonchev–Trinajstić information content (AvgIpc) is 2.64. The summed E-state index contributed by atoms with van der Waals surface area (Å²) in [6.07, 6.45) is 1.98. The van der Waals surface area contributed by atoms with Crippen molar-refractivity contribution < 1.29 is 4.74 Å². The molecule has 1 aromatic carbocycles. The van der Waals surface area contributed by atoms with Crippen LogP contribution in [-0.4, -0.2) is 12.1 Å². The van der Waals surface area contributed by atoms with Gasteiger partial charge >= 0.3 is 0 Å². The number of rotatable bonds is 2. The Morgan fingerprint density at radius 1 is 1.27 bits per heavy atom. The van der Waals surface area contributed by atoms with Crippen LogP contribution in [0.5, 0.6) is 5.75 Å². The summed E-state index contributed by atoms with van der Waals surface area (Å²) in [6, 6.07) is 8.11. The van der Waals surface area contributed by atoms with Crippen molar-refractivity contribution in [2.24, 2.45) is 0 Å². The van der Waals surface area contributed by atoms with Gasteiger partial charge in [-0.3, -0.25) is 0 Å². The molecule has 2 aromatic rings. The minimum absolute atomic E-state index is 0.867. The lowest BCUT2D eigenvalue weighted by Crippen LogP contribution is -1.87. The van der Waals surface area contributed by atoms with E-state index in [2.05, 4.69) is 33.9 Å². The Bertz CT molecular complexity index is 476. The first kappa shape index (κ1) is 10.3. The Morgan fingerprint density at radius 2 is 2.07 bits per heavy atom. The van der Waals surface area contributed by atoms with Gasteiger partial charge in [-0.15, -0.1) is 0 Å². The Labute approximate surface area is 97.4 Å². The topological polar surface area (TPSA) is 25.0 Å². The lowest BCUT2D eigenvalue weighted by atomic mass is 10.1. The predicted molar refractivity (Wildman–Crippen MR) is 65.2 cm³/mol. The number of aromatic nitrogens is 1. The highest BCUT2D eigenvalue weighted by molar-refractivity contribution is 9.10. The fourth-order valence-electron chi connectivity index (χ4n) is 1.55. The molecule has 0 atom stereocenters. The van der Waals surface area contributed by atoms with Crippen molar-refractivity contribution in [3.8, 4) is 17.0 Å². The maximum Gasteiger partial charge on any atom is 0.129 e. The summed E-state index contributed by atoms with van der Waals surface area (Å²) < 4.78 is 6.36. The molecule has 1 aromatic heterocycles. The number of benzene rings is 1. The number of halogens is 1. The van der Waals surface area contributed by atoms with Gasteiger partial charge in [-0.25, -0.2) is 0 Å². The normalized spacial score (nSPS) is 10.3. The molecule has 78 valence electrons. The summed E-state index contributed by atoms with van der Waals surface area (Å²) in [5.41, 5.74) is 3.38. The molecule has 0 unspecified atom stereocenters. The van der Waals surface area contributed by atoms with Gasteiger partial charge in [0, 0.05) is 21.9 Å². The van der Waals surface area contributed by atoms with Gasteiger partial charge in [-0.2, -0.15) is 0 Å². The molecule has 0 spiro atoms. The molecule has 0 saturated heterocycles. The van der Waals surface area contributed by atoms with Crippen molar-refractivity contribution in [2.45, 2.75) is 6.92 Å². The van der Waals surface area contributed by atoms with Crippen LogP contribution in [0.25, 0.3) is 11.3 Å². The highest BCUT2D eigenvalue weighted by Gasteiger charge is 2.07. The van der Waals surface area contributed by atoms with E-state index in [9.17, 15) is 0 Å². The van der Waals surface area contributed by atoms with Gasteiger partial charge in [0.25, 0.3) is 0 Å². The second-order valence-electron chi connectivity index (χ2n) is 3.44. The fraction of sp³-hybridized carbons (Fsp3) is 0.167. The number of H-pyrrole nitrogens is 1. The monoisotopic (exact) mass is 265 g/mol. The SMILES string of the molecule is COc1cc(Br)ccc1-c1cc(C)c[nH]1. The average molecular weight is 266 g/mol. The second kappa shape index (κ2) is 4.11. The van der Waals surface area contributed by atoms with E-state index >= 15 is 0 Å². The maximum atomic E-state index is 5.34. The summed E-state index contributed by atoms with van der Waals surface area (Å²) in [5.74, 6) is 0.867. The minimum atomic E-state index is 0.867. The zero-order valence-corrected chi connectivity index (χ0v) is 10.3. The summed E-state index contributed by atoms with van der Waals surface area (Å²) in [5, 5.41) is 0. The number of nitrogens with one attached hydrogen (secondary N) is 1. The number of ether oxygens (including phenoxy) is 1. The van der Waals surface area contributed by atoms with Crippen molar-refractivity contribution in [3.63, 3.8) is 0 Å². The number of aromatic amines is 1. The van der Waals surface area contributed by atoms with Gasteiger partial charge < -0.3 is 9.72 Å². The summed E-state index contributed by atoms with van der Waals surface area (Å²) in [7, 11) is 1.68. The van der Waals surface area contributed by atoms with E-state index in [1.807, 2.05) is 24.4 Å². The van der Waals surface area contributed by atoms with Crippen LogP contribution in [0.15, 0.2) is 34.9 Å². The molecule has 0 aliphatic rings. The fourth-order valence-corrected chi connectivity index (χ4v) is 1.89. The molecule has 1 heterocycles. The second-order valence-corrected chi connectivity index (χ2v) is 4.35. The molecule has 0 saturated carbocycles. The van der Waals surface area contributed by atoms with E-state index in [1.165, 1.54) is 5.56 Å². The van der Waals surface area contributed by atoms with Gasteiger partial charge in [0.05, 0.1) is 7.11 Å². The van der Waals surface area contributed by atoms with Crippen molar-refractivity contribution in [1.82, 2.24) is 4.98 Å². The van der Waals surface area contributed by atoms with E-state index in [1.54, 1.807) is 7.11 Å². The van der Waals surface area contributed by atoms with Crippen LogP contribution >= 0.6 is 15.9 Å². The molecule has 2 rings (SSSR count). The molecular formula is C12H12BrNO. The first-order valence-corrected chi connectivity index (χ1v) is 5.49. The molecular weight excluding hydrogens is 254 g/mol. The molecule has 0 radical (unpaired) electrons. The highest BCUT2D eigenvalue weighted by atomic mass is 79.9. The highest BCUT2D eigenvalue weighted by Crippen LogP contribution is 2.31. The molecule has 2 nitrogen and oxygen atoms in total. The smallest absolute Gasteiger partial charge is 0.129 e. The third-order valence-electron chi connectivity index (χ3n) is 2.28. The van der Waals surface area contributed by atoms with Crippen molar-refractivity contribution >= 4 is 15.9 Å². The number of hydrogen-bond donors (Lipinski definition) is 1. The largest absolute Gasteiger partial charge is 0.496 e. The van der Waals surface area contributed by atoms with E-state index < -0.39 is 0 Å². The molecule has 0 aliphatic heterocycles. The maximum absolute atomic E-state index is 5.34. The van der Waals surface area contributed by atoms with Crippen LogP contribution in [0.2, 0.25) is 0 Å². The zero-order chi connectivity index (χ0) is 10.8. The van der Waals surface area contributed by atoms with E-state index in [0.717, 1.165) is 21.5 Å². The quantitative estimate of drug-likeness (QED) is 0.879. The summed E-state index contributed by atoms with van der Waals surface area (Å²) in [4.78, 5) is 3.22. The van der Waals surface area contributed by atoms with Crippen LogP contribution in [0, 0.1) is 6.92 Å². The van der Waals surface area contributed by atoms with Crippen LogP contribution in [0.3, 0.4) is 0 Å². The Morgan fingerprint density at radius 3 is 2.67 bits per heavy atom. The number of aryl methyl sites for hydroxylation is 1. The van der Waals surface area contributed by atoms with Gasteiger partial charge in [0.2, 0.25) is 0 Å². The molecule has 3 heteroatoms. The molecule has 0 bridgehead atoms. The third-order valence-corrected chi connectivity index (χ3v) is 2.77. The lowest BCUT2D eigenvalue weighted by molar-refractivity contribution is 0.416. The lowest BCUT2D eigenvalue weighted by Gasteiger charge is -2.07. The number of hydrogen-bond acceptors (Lipinski definition) is 1. The third kappa shape index (κ3) is 2.07. The molecule has 15 heavy (non-hydrogen) atoms. The molecule has 0 aliphatic carbocycles. The first-order valence-electron chi connectivity index (χ1n) is 4.69. The summed E-state index contributed by atoms with van der Waals surface area (Å²) in [6.45, 7) is 2.06. The Hall–Kier alpha value is -1.22. The number of methoxy groups -OCH3 is 1. The van der Waals surface area contributed by atoms with E-state index in [0.29, 0.717) is 0 Å². The minimum Gasteiger partial charge on any atom is -0.496 e. The van der Waals surface area contributed by atoms with E-state index in [4.69, 9.17) is 4.74 Å². The van der Waals surface area contributed by atoms with Gasteiger partial charge in [-0.05, 0) is 36.8 Å². The van der Waals surface area contributed by atoms with Gasteiger partial charge in [-0.1, -0.05) is 15.9 Å². The van der Waals surface area contributed by atoms with Gasteiger partial charge in [0.1, 0.15) is 5.75 Å². The van der Waals surface area contributed by atoms with Crippen LogP contribution in [0.1, 0.15) is 5.56 Å². The van der Waals surface area contributed by atoms with Crippen LogP contribution in [-0.2, 0) is 0 Å². The summed E-state index contributed by atoms with van der Waals surface area (Å²) >= 11 is 3.42. The van der Waals surface area contributed by atoms with Gasteiger partial charge in [0.15, 0.2) is 0 Å². The van der Waals surface area contributed by atoms with E-state index in [-0.39, 0.29) is 0 Å². The molecule has 0 amide bonds. The van der Waals surface area contributed by atoms with Crippen molar-refractivity contribution in [2.75, 3.05) is 7.11 Å². The molecule has 0 fully saturated rings. The predicted octanol–water partition coefficient (Wildman–Crippen LogP) is 3.76. The van der Waals surface area contributed by atoms with Crippen molar-refractivity contribution in [1.29, 1.82) is 0 Å². The van der Waals surface area contributed by atoms with Crippen molar-refractivity contribution in [3.05, 3.63) is 40.5 Å². The van der Waals surface area contributed by atoms with Crippen LogP contribution in [0.4, 0.5) is 0 Å². The standard InChI is InChI=1S/C12H12BrNO/c1-8-5-11(14-7-8)10-4-3-9(13)6-12(10)15-2/h3-7,14H,1-2H3. The Kier molecular flexibility index (Phi) is 2.82. The van der Waals surface area contributed by atoms with Crippen LogP contribution < -0.4 is 4.74 Å². The zero-order valence-electron chi connectivity index (χ0n) is 8.67. The Balaban J connectivity index is 2.52. The molecule has 1 N–H and O–H groups in total. The first-order chi connectivity index (χ1) is 7.20.